The number of piperidine rings is 1. The number of aromatic nitrogens is 2. The summed E-state index contributed by atoms with van der Waals surface area (Å²) in [6.45, 7) is 7.34. The summed E-state index contributed by atoms with van der Waals surface area (Å²) < 4.78 is 13.0. The number of rotatable bonds is 7. The van der Waals surface area contributed by atoms with Crippen molar-refractivity contribution in [2.24, 2.45) is 5.73 Å². The van der Waals surface area contributed by atoms with Gasteiger partial charge in [0, 0.05) is 35.0 Å². The van der Waals surface area contributed by atoms with Crippen LogP contribution >= 0.6 is 0 Å². The molecule has 2 amide bonds. The molecule has 1 saturated heterocycles. The van der Waals surface area contributed by atoms with Gasteiger partial charge in [-0.1, -0.05) is 19.1 Å². The topological polar surface area (TPSA) is 112 Å². The summed E-state index contributed by atoms with van der Waals surface area (Å²) >= 11 is 0. The van der Waals surface area contributed by atoms with Gasteiger partial charge in [0.2, 0.25) is 0 Å². The van der Waals surface area contributed by atoms with Gasteiger partial charge in [-0.15, -0.1) is 0 Å². The Morgan fingerprint density at radius 3 is 2.46 bits per heavy atom. The first kappa shape index (κ1) is 26.2. The van der Waals surface area contributed by atoms with E-state index in [9.17, 15) is 9.59 Å². The van der Waals surface area contributed by atoms with Gasteiger partial charge in [-0.25, -0.2) is 9.78 Å². The maximum atomic E-state index is 12.9. The van der Waals surface area contributed by atoms with Gasteiger partial charge in [-0.3, -0.25) is 9.36 Å². The summed E-state index contributed by atoms with van der Waals surface area (Å²) in [4.78, 5) is 31.6. The average molecular weight is 528 g/mol. The second-order valence-corrected chi connectivity index (χ2v) is 9.78. The maximum Gasteiger partial charge on any atom is 0.323 e. The minimum Gasteiger partial charge on any atom is -0.493 e. The SMILES string of the molecule is CCN1CCC(c2ccc(C(=O)Nc3cc(Oc4cc5cc(C)n(C(N)=O)c5cc4OC)ccn3)cc2)CC1. The third-order valence-electron chi connectivity index (χ3n) is 7.37. The van der Waals surface area contributed by atoms with Crippen molar-refractivity contribution in [3.63, 3.8) is 0 Å². The molecule has 1 aliphatic heterocycles. The Morgan fingerprint density at radius 2 is 1.79 bits per heavy atom. The molecule has 0 radical (unpaired) electrons. The number of anilines is 1. The van der Waals surface area contributed by atoms with Crippen LogP contribution in [-0.2, 0) is 0 Å². The van der Waals surface area contributed by atoms with Crippen LogP contribution in [0.2, 0.25) is 0 Å². The van der Waals surface area contributed by atoms with Gasteiger partial charge >= 0.3 is 6.03 Å². The predicted octanol–water partition coefficient (Wildman–Crippen LogP) is 5.52. The predicted molar refractivity (Wildman–Crippen MR) is 151 cm³/mol. The number of methoxy groups -OCH3 is 1. The summed E-state index contributed by atoms with van der Waals surface area (Å²) in [5.41, 5.74) is 8.72. The fourth-order valence-electron chi connectivity index (χ4n) is 5.23. The van der Waals surface area contributed by atoms with Crippen molar-refractivity contribution in [2.75, 3.05) is 32.1 Å². The number of ether oxygens (including phenoxy) is 2. The molecule has 9 nitrogen and oxygen atoms in total. The molecule has 0 spiro atoms. The molecule has 3 N–H and O–H groups in total. The second kappa shape index (κ2) is 11.2. The van der Waals surface area contributed by atoms with Crippen molar-refractivity contribution in [1.29, 1.82) is 0 Å². The van der Waals surface area contributed by atoms with Crippen LogP contribution in [0.25, 0.3) is 10.9 Å². The minimum atomic E-state index is -0.570. The Hall–Kier alpha value is -4.37. The van der Waals surface area contributed by atoms with Crippen molar-refractivity contribution < 1.29 is 19.1 Å². The number of benzene rings is 2. The smallest absolute Gasteiger partial charge is 0.323 e. The summed E-state index contributed by atoms with van der Waals surface area (Å²) in [7, 11) is 1.52. The molecule has 3 heterocycles. The highest BCUT2D eigenvalue weighted by molar-refractivity contribution is 6.03. The molecule has 0 atom stereocenters. The van der Waals surface area contributed by atoms with E-state index in [4.69, 9.17) is 15.2 Å². The van der Waals surface area contributed by atoms with Crippen molar-refractivity contribution >= 4 is 28.7 Å². The first-order chi connectivity index (χ1) is 18.9. The van der Waals surface area contributed by atoms with Crippen LogP contribution < -0.4 is 20.5 Å². The quantitative estimate of drug-likeness (QED) is 0.327. The highest BCUT2D eigenvalue weighted by Crippen LogP contribution is 2.37. The Kier molecular flexibility index (Phi) is 7.51. The van der Waals surface area contributed by atoms with Crippen molar-refractivity contribution in [1.82, 2.24) is 14.5 Å². The lowest BCUT2D eigenvalue weighted by Crippen LogP contribution is -2.32. The lowest BCUT2D eigenvalue weighted by molar-refractivity contribution is 0.102. The zero-order valence-corrected chi connectivity index (χ0v) is 22.4. The van der Waals surface area contributed by atoms with Crippen molar-refractivity contribution in [2.45, 2.75) is 32.6 Å². The fraction of sp³-hybridized carbons (Fsp3) is 0.300. The third-order valence-corrected chi connectivity index (χ3v) is 7.37. The third kappa shape index (κ3) is 5.58. The van der Waals surface area contributed by atoms with Crippen molar-refractivity contribution in [3.8, 4) is 17.2 Å². The number of nitrogens with two attached hydrogens (primary N) is 1. The molecular formula is C30H33N5O4. The summed E-state index contributed by atoms with van der Waals surface area (Å²) in [5, 5.41) is 3.64. The Balaban J connectivity index is 1.29. The lowest BCUT2D eigenvalue weighted by Gasteiger charge is -2.31. The zero-order chi connectivity index (χ0) is 27.5. The van der Waals surface area contributed by atoms with Crippen LogP contribution in [0.3, 0.4) is 0 Å². The highest BCUT2D eigenvalue weighted by atomic mass is 16.5. The maximum absolute atomic E-state index is 12.9. The first-order valence-electron chi connectivity index (χ1n) is 13.1. The van der Waals surface area contributed by atoms with E-state index >= 15 is 0 Å². The number of amides is 2. The number of fused-ring (bicyclic) bond motifs is 1. The van der Waals surface area contributed by atoms with Gasteiger partial charge in [0.05, 0.1) is 12.6 Å². The molecule has 0 unspecified atom stereocenters. The normalized spacial score (nSPS) is 14.3. The van der Waals surface area contributed by atoms with E-state index in [1.165, 1.54) is 17.2 Å². The number of carbonyl (C=O) groups is 2. The van der Waals surface area contributed by atoms with E-state index in [1.807, 2.05) is 18.2 Å². The molecule has 39 heavy (non-hydrogen) atoms. The summed E-state index contributed by atoms with van der Waals surface area (Å²) in [6.07, 6.45) is 3.85. The number of likely N-dealkylation sites (tertiary alicyclic amines) is 1. The van der Waals surface area contributed by atoms with Gasteiger partial charge in [-0.05, 0) is 81.2 Å². The first-order valence-corrected chi connectivity index (χ1v) is 13.1. The number of hydrogen-bond donors (Lipinski definition) is 2. The molecule has 0 bridgehead atoms. The number of aryl methyl sites for hydroxylation is 1. The molecular weight excluding hydrogens is 494 g/mol. The van der Waals surface area contributed by atoms with Crippen LogP contribution in [0.4, 0.5) is 10.6 Å². The van der Waals surface area contributed by atoms with Crippen LogP contribution in [0.15, 0.2) is 60.8 Å². The molecule has 1 aliphatic rings. The highest BCUT2D eigenvalue weighted by Gasteiger charge is 2.20. The Bertz CT molecular complexity index is 1500. The molecule has 9 heteroatoms. The Labute approximate surface area is 227 Å². The summed E-state index contributed by atoms with van der Waals surface area (Å²) in [5.74, 6) is 2.02. The molecule has 5 rings (SSSR count). The van der Waals surface area contributed by atoms with E-state index in [2.05, 4.69) is 34.3 Å². The molecule has 0 saturated carbocycles. The standard InChI is InChI=1S/C30H33N5O4/c1-4-34-13-10-21(11-14-34)20-5-7-22(8-6-20)29(36)33-28-17-24(9-12-32-28)39-27-16-23-15-19(2)35(30(31)37)25(23)18-26(27)38-3/h5-9,12,15-18,21H,4,10-11,13-14H2,1-3H3,(H2,31,37)(H,32,33,36). The van der Waals surface area contributed by atoms with Crippen LogP contribution in [-0.4, -0.2) is 53.1 Å². The van der Waals surface area contributed by atoms with E-state index in [-0.39, 0.29) is 5.91 Å². The Morgan fingerprint density at radius 1 is 1.05 bits per heavy atom. The van der Waals surface area contributed by atoms with Gasteiger partial charge in [0.15, 0.2) is 11.5 Å². The van der Waals surface area contributed by atoms with E-state index in [0.717, 1.165) is 37.9 Å². The van der Waals surface area contributed by atoms with Gasteiger partial charge in [0.25, 0.3) is 5.91 Å². The average Bonchev–Trinajstić information content (AvgIpc) is 3.27. The van der Waals surface area contributed by atoms with Gasteiger partial charge in [-0.2, -0.15) is 0 Å². The van der Waals surface area contributed by atoms with E-state index in [0.29, 0.717) is 45.8 Å². The molecule has 4 aromatic rings. The number of hydrogen-bond acceptors (Lipinski definition) is 6. The number of carbonyl (C=O) groups excluding carboxylic acids is 2. The molecule has 0 aliphatic carbocycles. The summed E-state index contributed by atoms with van der Waals surface area (Å²) in [6, 6.07) is 16.0. The fourth-order valence-corrected chi connectivity index (χ4v) is 5.23. The zero-order valence-electron chi connectivity index (χ0n) is 22.4. The van der Waals surface area contributed by atoms with Crippen LogP contribution in [0, 0.1) is 6.92 Å². The van der Waals surface area contributed by atoms with Gasteiger partial charge in [0.1, 0.15) is 11.6 Å². The molecule has 202 valence electrons. The molecule has 2 aromatic carbocycles. The minimum absolute atomic E-state index is 0.241. The molecule has 1 fully saturated rings. The number of nitrogens with one attached hydrogen (secondary N) is 1. The van der Waals surface area contributed by atoms with E-state index < -0.39 is 6.03 Å². The van der Waals surface area contributed by atoms with E-state index in [1.54, 1.807) is 37.4 Å². The molecule has 2 aromatic heterocycles. The number of primary amides is 1. The second-order valence-electron chi connectivity index (χ2n) is 9.78. The largest absolute Gasteiger partial charge is 0.493 e. The number of pyridine rings is 1. The van der Waals surface area contributed by atoms with Crippen LogP contribution in [0.5, 0.6) is 17.2 Å². The lowest BCUT2D eigenvalue weighted by atomic mass is 9.89. The number of nitrogens with zero attached hydrogens (tertiary/aromatic N) is 3. The van der Waals surface area contributed by atoms with Gasteiger partial charge < -0.3 is 25.4 Å². The van der Waals surface area contributed by atoms with Crippen molar-refractivity contribution in [3.05, 3.63) is 77.6 Å². The monoisotopic (exact) mass is 527 g/mol. The van der Waals surface area contributed by atoms with Crippen LogP contribution in [0.1, 0.15) is 47.3 Å².